The molecule has 130 valence electrons. The van der Waals surface area contributed by atoms with E-state index in [0.29, 0.717) is 22.1 Å². The van der Waals surface area contributed by atoms with Crippen LogP contribution in [0.1, 0.15) is 11.1 Å². The van der Waals surface area contributed by atoms with Gasteiger partial charge in [0.2, 0.25) is 5.16 Å². The quantitative estimate of drug-likeness (QED) is 0.558. The number of halogens is 1. The van der Waals surface area contributed by atoms with Crippen molar-refractivity contribution in [2.75, 3.05) is 0 Å². The molecule has 0 saturated heterocycles. The van der Waals surface area contributed by atoms with Crippen LogP contribution in [0.4, 0.5) is 4.39 Å². The van der Waals surface area contributed by atoms with Crippen molar-refractivity contribution in [2.45, 2.75) is 17.8 Å². The van der Waals surface area contributed by atoms with Crippen molar-refractivity contribution in [3.05, 3.63) is 81.9 Å². The van der Waals surface area contributed by atoms with Crippen LogP contribution in [0.5, 0.6) is 0 Å². The highest BCUT2D eigenvalue weighted by molar-refractivity contribution is 7.98. The molecule has 0 radical (unpaired) electrons. The predicted octanol–water partition coefficient (Wildman–Crippen LogP) is 3.82. The number of aromatic amines is 1. The second-order valence-electron chi connectivity index (χ2n) is 5.94. The maximum Gasteiger partial charge on any atom is 0.290 e. The summed E-state index contributed by atoms with van der Waals surface area (Å²) >= 11 is 1.49. The fraction of sp³-hybridized carbons (Fsp3) is 0.105. The van der Waals surface area contributed by atoms with E-state index >= 15 is 0 Å². The van der Waals surface area contributed by atoms with E-state index in [1.165, 1.54) is 34.0 Å². The number of hydrogen-bond donors (Lipinski definition) is 1. The molecule has 0 aliphatic rings. The Kier molecular flexibility index (Phi) is 4.30. The number of H-pyrrole nitrogens is 1. The van der Waals surface area contributed by atoms with E-state index in [1.807, 2.05) is 6.92 Å². The molecular formula is C19H15FN4OS. The molecule has 7 heteroatoms. The van der Waals surface area contributed by atoms with E-state index in [9.17, 15) is 9.18 Å². The minimum atomic E-state index is -0.314. The van der Waals surface area contributed by atoms with Crippen molar-refractivity contribution >= 4 is 17.3 Å². The van der Waals surface area contributed by atoms with Crippen molar-refractivity contribution in [1.82, 2.24) is 19.8 Å². The van der Waals surface area contributed by atoms with E-state index in [2.05, 4.69) is 39.6 Å². The number of fused-ring (bicyclic) bond motifs is 1. The molecule has 2 aromatic carbocycles. The smallest absolute Gasteiger partial charge is 0.266 e. The lowest BCUT2D eigenvalue weighted by molar-refractivity contribution is 0.628. The third-order valence-electron chi connectivity index (χ3n) is 4.00. The van der Waals surface area contributed by atoms with Crippen LogP contribution in [0.15, 0.2) is 64.5 Å². The van der Waals surface area contributed by atoms with Gasteiger partial charge in [-0.3, -0.25) is 4.79 Å². The molecule has 1 N–H and O–H groups in total. The van der Waals surface area contributed by atoms with Gasteiger partial charge in [0.15, 0.2) is 0 Å². The van der Waals surface area contributed by atoms with Crippen LogP contribution in [0, 0.1) is 12.7 Å². The molecule has 0 aliphatic carbocycles. The van der Waals surface area contributed by atoms with Crippen LogP contribution in [-0.2, 0) is 5.75 Å². The normalized spacial score (nSPS) is 11.2. The molecule has 4 aromatic rings. The monoisotopic (exact) mass is 366 g/mol. The zero-order valence-electron chi connectivity index (χ0n) is 13.9. The molecule has 2 heterocycles. The number of rotatable bonds is 4. The minimum absolute atomic E-state index is 0.314. The van der Waals surface area contributed by atoms with Crippen LogP contribution in [-0.4, -0.2) is 19.8 Å². The Balaban J connectivity index is 1.69. The lowest BCUT2D eigenvalue weighted by Gasteiger charge is -2.03. The van der Waals surface area contributed by atoms with Crippen molar-refractivity contribution in [3.63, 3.8) is 0 Å². The summed E-state index contributed by atoms with van der Waals surface area (Å²) in [7, 11) is 0. The van der Waals surface area contributed by atoms with Gasteiger partial charge in [-0.05, 0) is 42.8 Å². The Labute approximate surface area is 152 Å². The largest absolute Gasteiger partial charge is 0.290 e. The SMILES string of the molecule is Cc1ccc(CSc2n[nH]c(=O)c3cc(-c4ccc(F)cc4)nn23)cc1. The van der Waals surface area contributed by atoms with E-state index in [1.54, 1.807) is 18.2 Å². The van der Waals surface area contributed by atoms with Crippen molar-refractivity contribution in [1.29, 1.82) is 0 Å². The third-order valence-corrected chi connectivity index (χ3v) is 5.00. The van der Waals surface area contributed by atoms with Gasteiger partial charge in [0.25, 0.3) is 5.56 Å². The van der Waals surface area contributed by atoms with Gasteiger partial charge in [0.1, 0.15) is 11.3 Å². The Morgan fingerprint density at radius 2 is 1.85 bits per heavy atom. The number of aromatic nitrogens is 4. The summed E-state index contributed by atoms with van der Waals surface area (Å²) in [6, 6.07) is 16.0. The summed E-state index contributed by atoms with van der Waals surface area (Å²) in [6.07, 6.45) is 0. The van der Waals surface area contributed by atoms with E-state index in [4.69, 9.17) is 0 Å². The van der Waals surface area contributed by atoms with E-state index in [-0.39, 0.29) is 11.4 Å². The average Bonchev–Trinajstić information content (AvgIpc) is 3.10. The Hall–Kier alpha value is -2.93. The van der Waals surface area contributed by atoms with Crippen molar-refractivity contribution in [2.24, 2.45) is 0 Å². The third kappa shape index (κ3) is 3.25. The molecule has 0 amide bonds. The van der Waals surface area contributed by atoms with Crippen LogP contribution in [0.2, 0.25) is 0 Å². The fourth-order valence-electron chi connectivity index (χ4n) is 2.58. The molecule has 0 atom stereocenters. The molecular weight excluding hydrogens is 351 g/mol. The van der Waals surface area contributed by atoms with Crippen LogP contribution >= 0.6 is 11.8 Å². The molecule has 26 heavy (non-hydrogen) atoms. The van der Waals surface area contributed by atoms with Gasteiger partial charge >= 0.3 is 0 Å². The number of nitrogens with zero attached hydrogens (tertiary/aromatic N) is 3. The van der Waals surface area contributed by atoms with Crippen LogP contribution in [0.25, 0.3) is 16.8 Å². The number of thioether (sulfide) groups is 1. The number of hydrogen-bond acceptors (Lipinski definition) is 4. The number of nitrogens with one attached hydrogen (secondary N) is 1. The Bertz CT molecular complexity index is 1120. The van der Waals surface area contributed by atoms with Gasteiger partial charge in [-0.2, -0.15) is 5.10 Å². The van der Waals surface area contributed by atoms with Gasteiger partial charge in [0.05, 0.1) is 5.69 Å². The first-order valence-electron chi connectivity index (χ1n) is 8.03. The highest BCUT2D eigenvalue weighted by Crippen LogP contribution is 2.24. The fourth-order valence-corrected chi connectivity index (χ4v) is 3.44. The highest BCUT2D eigenvalue weighted by Gasteiger charge is 2.12. The lowest BCUT2D eigenvalue weighted by Crippen LogP contribution is -2.13. The maximum absolute atomic E-state index is 13.1. The lowest BCUT2D eigenvalue weighted by atomic mass is 10.1. The predicted molar refractivity (Wildman–Crippen MR) is 99.7 cm³/mol. The van der Waals surface area contributed by atoms with Gasteiger partial charge in [-0.25, -0.2) is 14.0 Å². The summed E-state index contributed by atoms with van der Waals surface area (Å²) in [4.78, 5) is 12.1. The molecule has 0 fully saturated rings. The van der Waals surface area contributed by atoms with Crippen LogP contribution in [0.3, 0.4) is 0 Å². The number of benzene rings is 2. The summed E-state index contributed by atoms with van der Waals surface area (Å²) < 4.78 is 14.7. The summed E-state index contributed by atoms with van der Waals surface area (Å²) in [5, 5.41) is 11.7. The molecule has 5 nitrogen and oxygen atoms in total. The van der Waals surface area contributed by atoms with Gasteiger partial charge in [0, 0.05) is 11.3 Å². The zero-order valence-corrected chi connectivity index (χ0v) is 14.8. The standard InChI is InChI=1S/C19H15FN4OS/c1-12-2-4-13(5-3-12)11-26-19-22-21-18(25)17-10-16(23-24(17)19)14-6-8-15(20)9-7-14/h2-10H,11H2,1H3,(H,21,25). The average molecular weight is 366 g/mol. The van der Waals surface area contributed by atoms with Gasteiger partial charge < -0.3 is 0 Å². The van der Waals surface area contributed by atoms with Gasteiger partial charge in [-0.15, -0.1) is 5.10 Å². The zero-order chi connectivity index (χ0) is 18.1. The molecule has 2 aromatic heterocycles. The second kappa shape index (κ2) is 6.76. The first-order chi connectivity index (χ1) is 12.6. The summed E-state index contributed by atoms with van der Waals surface area (Å²) in [5.41, 5.74) is 3.80. The molecule has 4 rings (SSSR count). The Morgan fingerprint density at radius 3 is 2.58 bits per heavy atom. The summed E-state index contributed by atoms with van der Waals surface area (Å²) in [5.74, 6) is 0.395. The van der Waals surface area contributed by atoms with Crippen molar-refractivity contribution < 1.29 is 4.39 Å². The topological polar surface area (TPSA) is 63.0 Å². The van der Waals surface area contributed by atoms with E-state index in [0.717, 1.165) is 11.1 Å². The molecule has 0 unspecified atom stereocenters. The Morgan fingerprint density at radius 1 is 1.12 bits per heavy atom. The number of aryl methyl sites for hydroxylation is 1. The molecule has 0 bridgehead atoms. The minimum Gasteiger partial charge on any atom is -0.266 e. The first-order valence-corrected chi connectivity index (χ1v) is 9.01. The van der Waals surface area contributed by atoms with Crippen molar-refractivity contribution in [3.8, 4) is 11.3 Å². The van der Waals surface area contributed by atoms with Crippen LogP contribution < -0.4 is 5.56 Å². The first kappa shape index (κ1) is 16.5. The highest BCUT2D eigenvalue weighted by atomic mass is 32.2. The van der Waals surface area contributed by atoms with Gasteiger partial charge in [-0.1, -0.05) is 41.6 Å². The maximum atomic E-state index is 13.1. The second-order valence-corrected chi connectivity index (χ2v) is 6.89. The van der Waals surface area contributed by atoms with E-state index < -0.39 is 0 Å². The summed E-state index contributed by atoms with van der Waals surface area (Å²) in [6.45, 7) is 2.05. The molecule has 0 saturated carbocycles. The molecule has 0 aliphatic heterocycles. The molecule has 0 spiro atoms.